The fourth-order valence-electron chi connectivity index (χ4n) is 3.67. The second kappa shape index (κ2) is 8.06. The molecule has 0 unspecified atom stereocenters. The fourth-order valence-corrected chi connectivity index (χ4v) is 8.35. The smallest absolute Gasteiger partial charge is 0.252 e. The van der Waals surface area contributed by atoms with E-state index >= 15 is 0 Å². The van der Waals surface area contributed by atoms with Gasteiger partial charge >= 0.3 is 0 Å². The van der Waals surface area contributed by atoms with Crippen LogP contribution in [0.4, 0.5) is 5.69 Å². The average molecular weight is 514 g/mol. The van der Waals surface area contributed by atoms with Crippen molar-refractivity contribution in [2.24, 2.45) is 4.99 Å². The van der Waals surface area contributed by atoms with Crippen LogP contribution in [0.1, 0.15) is 11.1 Å². The van der Waals surface area contributed by atoms with E-state index in [1.165, 1.54) is 11.8 Å². The molecule has 1 amide bonds. The molecule has 0 radical (unpaired) electrons. The number of thioether (sulfide) groups is 1. The average Bonchev–Trinajstić information content (AvgIpc) is 3.06. The molecule has 4 rings (SSSR count). The van der Waals surface area contributed by atoms with Crippen LogP contribution in [0.2, 0.25) is 5.02 Å². The Labute approximate surface area is 187 Å². The lowest BCUT2D eigenvalue weighted by molar-refractivity contribution is -0.117. The third-order valence-corrected chi connectivity index (χ3v) is 8.90. The topological polar surface area (TPSA) is 66.8 Å². The van der Waals surface area contributed by atoms with Gasteiger partial charge in [0.25, 0.3) is 5.91 Å². The van der Waals surface area contributed by atoms with E-state index < -0.39 is 9.84 Å². The molecule has 0 bridgehead atoms. The normalized spacial score (nSPS) is 24.1. The number of aryl methyl sites for hydroxylation is 1. The van der Waals surface area contributed by atoms with Gasteiger partial charge in [0, 0.05) is 9.72 Å². The molecule has 2 heterocycles. The van der Waals surface area contributed by atoms with Crippen molar-refractivity contribution in [2.75, 3.05) is 16.4 Å². The Morgan fingerprint density at radius 1 is 1.28 bits per heavy atom. The molecule has 0 N–H and O–H groups in total. The molecule has 2 aromatic carbocycles. The highest BCUT2D eigenvalue weighted by Crippen LogP contribution is 2.43. The van der Waals surface area contributed by atoms with Crippen LogP contribution in [0.15, 0.2) is 51.9 Å². The fraction of sp³-hybridized carbons (Fsp3) is 0.300. The SMILES string of the molecule is Cc1cccc(CC(=O)N=C2S[C@@H]3CS(=O)(=O)C[C@H]3N2c2ccc(Br)cc2Cl)c1. The lowest BCUT2D eigenvalue weighted by atomic mass is 10.1. The molecule has 5 nitrogen and oxygen atoms in total. The van der Waals surface area contributed by atoms with Gasteiger partial charge in [0.05, 0.1) is 34.7 Å². The van der Waals surface area contributed by atoms with E-state index in [2.05, 4.69) is 20.9 Å². The van der Waals surface area contributed by atoms with E-state index in [9.17, 15) is 13.2 Å². The number of amidine groups is 1. The molecule has 2 aliphatic rings. The van der Waals surface area contributed by atoms with E-state index in [0.717, 1.165) is 15.6 Å². The second-order valence-corrected chi connectivity index (χ2v) is 11.9. The molecule has 2 aliphatic heterocycles. The molecular formula is C20H18BrClN2O3S2. The van der Waals surface area contributed by atoms with Gasteiger partial charge in [-0.1, -0.05) is 69.1 Å². The van der Waals surface area contributed by atoms with Gasteiger partial charge in [0.1, 0.15) is 0 Å². The van der Waals surface area contributed by atoms with Gasteiger partial charge in [-0.2, -0.15) is 4.99 Å². The van der Waals surface area contributed by atoms with Crippen LogP contribution in [0.5, 0.6) is 0 Å². The predicted molar refractivity (Wildman–Crippen MR) is 123 cm³/mol. The summed E-state index contributed by atoms with van der Waals surface area (Å²) in [5.41, 5.74) is 2.65. The number of carbonyl (C=O) groups is 1. The first-order chi connectivity index (χ1) is 13.7. The third kappa shape index (κ3) is 4.55. The van der Waals surface area contributed by atoms with Crippen LogP contribution in [0, 0.1) is 6.92 Å². The number of amides is 1. The van der Waals surface area contributed by atoms with Gasteiger partial charge < -0.3 is 4.90 Å². The van der Waals surface area contributed by atoms with Crippen LogP contribution < -0.4 is 4.90 Å². The van der Waals surface area contributed by atoms with Crippen molar-refractivity contribution >= 4 is 65.9 Å². The maximum absolute atomic E-state index is 12.7. The van der Waals surface area contributed by atoms with Gasteiger partial charge in [-0.05, 0) is 30.7 Å². The molecule has 0 aliphatic carbocycles. The molecule has 0 aromatic heterocycles. The van der Waals surface area contributed by atoms with Crippen molar-refractivity contribution < 1.29 is 13.2 Å². The standard InChI is InChI=1S/C20H18BrClN2O3S2/c1-12-3-2-4-13(7-12)8-19(25)23-20-24(16-6-5-14(21)9-15(16)22)17-10-29(26,27)11-18(17)28-20/h2-7,9,17-18H,8,10-11H2,1H3/t17-,18-/m1/s1. The van der Waals surface area contributed by atoms with Crippen LogP contribution in [-0.4, -0.2) is 42.3 Å². The summed E-state index contributed by atoms with van der Waals surface area (Å²) in [7, 11) is -3.13. The Kier molecular flexibility index (Phi) is 5.81. The summed E-state index contributed by atoms with van der Waals surface area (Å²) in [6, 6.07) is 12.9. The van der Waals surface area contributed by atoms with Crippen molar-refractivity contribution in [2.45, 2.75) is 24.6 Å². The van der Waals surface area contributed by atoms with Crippen LogP contribution >= 0.6 is 39.3 Å². The molecule has 2 fully saturated rings. The number of anilines is 1. The van der Waals surface area contributed by atoms with E-state index in [-0.39, 0.29) is 35.1 Å². The Balaban J connectivity index is 1.67. The maximum atomic E-state index is 12.7. The highest BCUT2D eigenvalue weighted by atomic mass is 79.9. The van der Waals surface area contributed by atoms with E-state index in [1.54, 1.807) is 6.07 Å². The van der Waals surface area contributed by atoms with E-state index in [0.29, 0.717) is 15.9 Å². The number of carbonyl (C=O) groups excluding carboxylic acids is 1. The molecule has 0 saturated carbocycles. The largest absolute Gasteiger partial charge is 0.314 e. The minimum absolute atomic E-state index is 0.0299. The molecule has 2 atom stereocenters. The van der Waals surface area contributed by atoms with Crippen molar-refractivity contribution in [3.05, 3.63) is 63.1 Å². The monoisotopic (exact) mass is 512 g/mol. The molecule has 0 spiro atoms. The van der Waals surface area contributed by atoms with Gasteiger partial charge in [-0.15, -0.1) is 0 Å². The summed E-state index contributed by atoms with van der Waals surface area (Å²) in [5.74, 6) is -0.153. The first-order valence-corrected chi connectivity index (χ1v) is 12.9. The van der Waals surface area contributed by atoms with Crippen molar-refractivity contribution in [1.82, 2.24) is 0 Å². The Bertz CT molecular complexity index is 1120. The molecule has 29 heavy (non-hydrogen) atoms. The van der Waals surface area contributed by atoms with Crippen molar-refractivity contribution in [3.63, 3.8) is 0 Å². The zero-order chi connectivity index (χ0) is 20.8. The summed E-state index contributed by atoms with van der Waals surface area (Å²) in [6.45, 7) is 1.98. The highest BCUT2D eigenvalue weighted by Gasteiger charge is 2.49. The number of aliphatic imine (C=N–C) groups is 1. The van der Waals surface area contributed by atoms with E-state index in [1.807, 2.05) is 48.2 Å². The molecule has 2 saturated heterocycles. The zero-order valence-corrected chi connectivity index (χ0v) is 19.5. The quantitative estimate of drug-likeness (QED) is 0.614. The minimum atomic E-state index is -3.13. The lowest BCUT2D eigenvalue weighted by Crippen LogP contribution is -2.38. The van der Waals surface area contributed by atoms with Gasteiger partial charge in [0.15, 0.2) is 15.0 Å². The number of benzene rings is 2. The Hall–Kier alpha value is -1.35. The molecule has 2 aromatic rings. The number of hydrogen-bond donors (Lipinski definition) is 0. The summed E-state index contributed by atoms with van der Waals surface area (Å²) < 4.78 is 25.2. The predicted octanol–water partition coefficient (Wildman–Crippen LogP) is 4.26. The Morgan fingerprint density at radius 2 is 2.07 bits per heavy atom. The number of fused-ring (bicyclic) bond motifs is 1. The van der Waals surface area contributed by atoms with Gasteiger partial charge in [0.2, 0.25) is 0 Å². The first kappa shape index (κ1) is 20.9. The number of sulfone groups is 1. The minimum Gasteiger partial charge on any atom is -0.314 e. The van der Waals surface area contributed by atoms with Gasteiger partial charge in [-0.3, -0.25) is 4.79 Å². The van der Waals surface area contributed by atoms with Crippen LogP contribution in [-0.2, 0) is 21.1 Å². The third-order valence-electron chi connectivity index (χ3n) is 4.89. The van der Waals surface area contributed by atoms with Crippen LogP contribution in [0.25, 0.3) is 0 Å². The maximum Gasteiger partial charge on any atom is 0.252 e. The van der Waals surface area contributed by atoms with Crippen molar-refractivity contribution in [3.8, 4) is 0 Å². The molecular weight excluding hydrogens is 496 g/mol. The number of nitrogens with zero attached hydrogens (tertiary/aromatic N) is 2. The summed E-state index contributed by atoms with van der Waals surface area (Å²) >= 11 is 11.2. The first-order valence-electron chi connectivity index (χ1n) is 9.00. The zero-order valence-electron chi connectivity index (χ0n) is 15.5. The Morgan fingerprint density at radius 3 is 2.79 bits per heavy atom. The highest BCUT2D eigenvalue weighted by molar-refractivity contribution is 9.10. The molecule has 152 valence electrons. The number of halogens is 2. The van der Waals surface area contributed by atoms with Gasteiger partial charge in [-0.25, -0.2) is 8.42 Å². The molecule has 9 heteroatoms. The number of hydrogen-bond acceptors (Lipinski definition) is 4. The van der Waals surface area contributed by atoms with Crippen molar-refractivity contribution in [1.29, 1.82) is 0 Å². The van der Waals surface area contributed by atoms with E-state index in [4.69, 9.17) is 11.6 Å². The van der Waals surface area contributed by atoms with Crippen LogP contribution in [0.3, 0.4) is 0 Å². The summed E-state index contributed by atoms with van der Waals surface area (Å²) in [6.07, 6.45) is 0.196. The summed E-state index contributed by atoms with van der Waals surface area (Å²) in [5, 5.41) is 0.825. The lowest BCUT2D eigenvalue weighted by Gasteiger charge is -2.25. The number of rotatable bonds is 3. The second-order valence-electron chi connectivity index (χ2n) is 7.22. The summed E-state index contributed by atoms with van der Waals surface area (Å²) in [4.78, 5) is 18.8.